The highest BCUT2D eigenvalue weighted by molar-refractivity contribution is 6.16. The summed E-state index contributed by atoms with van der Waals surface area (Å²) in [7, 11) is 0. The predicted octanol–water partition coefficient (Wildman–Crippen LogP) is 1.40. The molecule has 0 radical (unpaired) electrons. The minimum absolute atomic E-state index is 0.380. The quantitative estimate of drug-likeness (QED) is 0.679. The topological polar surface area (TPSA) is 43.6 Å². The summed E-state index contributed by atoms with van der Waals surface area (Å²) >= 11 is 5.60. The predicted molar refractivity (Wildman–Crippen MR) is 48.7 cm³/mol. The maximum Gasteiger partial charge on any atom is 0.0979 e. The molecule has 0 aliphatic carbocycles. The monoisotopic (exact) mass is 194 g/mol. The molecular formula is C8H7ClN4. The van der Waals surface area contributed by atoms with Gasteiger partial charge in [0.1, 0.15) is 0 Å². The first kappa shape index (κ1) is 8.19. The molecule has 66 valence electrons. The third-order valence-corrected chi connectivity index (χ3v) is 1.88. The molecule has 0 saturated heterocycles. The molecule has 0 bridgehead atoms. The molecule has 0 amide bonds. The second-order valence-corrected chi connectivity index (χ2v) is 2.76. The molecule has 0 fully saturated rings. The zero-order chi connectivity index (χ0) is 9.10. The van der Waals surface area contributed by atoms with Crippen molar-refractivity contribution in [1.82, 2.24) is 20.0 Å². The molecule has 4 nitrogen and oxygen atoms in total. The van der Waals surface area contributed by atoms with Crippen LogP contribution >= 0.6 is 11.6 Å². The summed E-state index contributed by atoms with van der Waals surface area (Å²) in [6, 6.07) is 3.71. The maximum absolute atomic E-state index is 5.60. The molecule has 0 atom stereocenters. The normalized spacial score (nSPS) is 10.2. The van der Waals surface area contributed by atoms with E-state index in [-0.39, 0.29) is 0 Å². The maximum atomic E-state index is 5.60. The summed E-state index contributed by atoms with van der Waals surface area (Å²) in [6.07, 6.45) is 5.21. The summed E-state index contributed by atoms with van der Waals surface area (Å²) in [5.41, 5.74) is 1.69. The highest BCUT2D eigenvalue weighted by Crippen LogP contribution is 2.05. The van der Waals surface area contributed by atoms with E-state index in [9.17, 15) is 0 Å². The Labute approximate surface area is 80.2 Å². The van der Waals surface area contributed by atoms with Gasteiger partial charge in [0.15, 0.2) is 0 Å². The van der Waals surface area contributed by atoms with Gasteiger partial charge in [-0.05, 0) is 12.1 Å². The first-order chi connectivity index (χ1) is 6.40. The van der Waals surface area contributed by atoms with Crippen molar-refractivity contribution < 1.29 is 0 Å². The standard InChI is InChI=1S/C8H7ClN4/c9-5-7-6-13(12-11-7)8-1-3-10-4-2-8/h1-4,6H,5H2. The van der Waals surface area contributed by atoms with Crippen LogP contribution in [0.2, 0.25) is 0 Å². The Morgan fingerprint density at radius 3 is 2.69 bits per heavy atom. The van der Waals surface area contributed by atoms with E-state index in [0.717, 1.165) is 11.4 Å². The van der Waals surface area contributed by atoms with Gasteiger partial charge in [0.05, 0.1) is 23.5 Å². The van der Waals surface area contributed by atoms with Crippen molar-refractivity contribution in [3.8, 4) is 5.69 Å². The third-order valence-electron chi connectivity index (χ3n) is 1.61. The molecule has 2 rings (SSSR count). The van der Waals surface area contributed by atoms with E-state index in [1.54, 1.807) is 23.3 Å². The first-order valence-electron chi connectivity index (χ1n) is 3.78. The van der Waals surface area contributed by atoms with Crippen molar-refractivity contribution in [2.24, 2.45) is 0 Å². The molecule has 0 aromatic carbocycles. The smallest absolute Gasteiger partial charge is 0.0979 e. The molecule has 0 aliphatic rings. The summed E-state index contributed by atoms with van der Waals surface area (Å²) in [4.78, 5) is 3.91. The fourth-order valence-electron chi connectivity index (χ4n) is 0.983. The van der Waals surface area contributed by atoms with Gasteiger partial charge in [-0.2, -0.15) is 0 Å². The van der Waals surface area contributed by atoms with Crippen molar-refractivity contribution in [3.05, 3.63) is 36.4 Å². The Morgan fingerprint density at radius 1 is 1.31 bits per heavy atom. The Hall–Kier alpha value is -1.42. The fourth-order valence-corrected chi connectivity index (χ4v) is 1.11. The second kappa shape index (κ2) is 3.53. The van der Waals surface area contributed by atoms with Crippen molar-refractivity contribution in [2.45, 2.75) is 5.88 Å². The molecule has 0 spiro atoms. The molecule has 0 aliphatic heterocycles. The third kappa shape index (κ3) is 1.67. The number of hydrogen-bond donors (Lipinski definition) is 0. The molecule has 13 heavy (non-hydrogen) atoms. The van der Waals surface area contributed by atoms with E-state index in [2.05, 4.69) is 15.3 Å². The highest BCUT2D eigenvalue weighted by Gasteiger charge is 1.99. The zero-order valence-electron chi connectivity index (χ0n) is 6.76. The number of aromatic nitrogens is 4. The van der Waals surface area contributed by atoms with E-state index in [1.807, 2.05) is 12.1 Å². The molecule has 5 heteroatoms. The van der Waals surface area contributed by atoms with Crippen LogP contribution in [0.25, 0.3) is 5.69 Å². The Balaban J connectivity index is 2.36. The van der Waals surface area contributed by atoms with E-state index in [4.69, 9.17) is 11.6 Å². The van der Waals surface area contributed by atoms with Crippen LogP contribution in [0.3, 0.4) is 0 Å². The molecule has 2 aromatic heterocycles. The minimum Gasteiger partial charge on any atom is -0.265 e. The number of alkyl halides is 1. The second-order valence-electron chi connectivity index (χ2n) is 2.49. The molecule has 2 aromatic rings. The number of rotatable bonds is 2. The summed E-state index contributed by atoms with van der Waals surface area (Å²) in [5.74, 6) is 0.380. The molecule has 0 saturated carbocycles. The summed E-state index contributed by atoms with van der Waals surface area (Å²) in [5, 5.41) is 7.78. The summed E-state index contributed by atoms with van der Waals surface area (Å²) in [6.45, 7) is 0. The SMILES string of the molecule is ClCc1cn(-c2ccncc2)nn1. The molecule has 0 N–H and O–H groups in total. The van der Waals surface area contributed by atoms with Crippen molar-refractivity contribution in [2.75, 3.05) is 0 Å². The van der Waals surface area contributed by atoms with Gasteiger partial charge in [0.2, 0.25) is 0 Å². The van der Waals surface area contributed by atoms with Crippen LogP contribution in [0.4, 0.5) is 0 Å². The van der Waals surface area contributed by atoms with Crippen LogP contribution in [0, 0.1) is 0 Å². The number of pyridine rings is 1. The lowest BCUT2D eigenvalue weighted by Crippen LogP contribution is -1.94. The average molecular weight is 195 g/mol. The molecular weight excluding hydrogens is 188 g/mol. The van der Waals surface area contributed by atoms with Crippen LogP contribution in [0.5, 0.6) is 0 Å². The van der Waals surface area contributed by atoms with Gasteiger partial charge in [-0.15, -0.1) is 16.7 Å². The average Bonchev–Trinajstić information content (AvgIpc) is 2.67. The van der Waals surface area contributed by atoms with Crippen molar-refractivity contribution in [1.29, 1.82) is 0 Å². The van der Waals surface area contributed by atoms with Gasteiger partial charge in [-0.25, -0.2) is 4.68 Å². The van der Waals surface area contributed by atoms with Gasteiger partial charge in [0, 0.05) is 12.4 Å². The van der Waals surface area contributed by atoms with Gasteiger partial charge >= 0.3 is 0 Å². The van der Waals surface area contributed by atoms with E-state index >= 15 is 0 Å². The fraction of sp³-hybridized carbons (Fsp3) is 0.125. The van der Waals surface area contributed by atoms with Gasteiger partial charge in [-0.3, -0.25) is 4.98 Å². The van der Waals surface area contributed by atoms with Gasteiger partial charge in [-0.1, -0.05) is 5.21 Å². The van der Waals surface area contributed by atoms with E-state index in [1.165, 1.54) is 0 Å². The van der Waals surface area contributed by atoms with Crippen LogP contribution in [0.15, 0.2) is 30.7 Å². The Morgan fingerprint density at radius 2 is 2.08 bits per heavy atom. The number of hydrogen-bond acceptors (Lipinski definition) is 3. The van der Waals surface area contributed by atoms with Crippen molar-refractivity contribution in [3.63, 3.8) is 0 Å². The Bertz CT molecular complexity index is 384. The van der Waals surface area contributed by atoms with E-state index < -0.39 is 0 Å². The summed E-state index contributed by atoms with van der Waals surface area (Å²) < 4.78 is 1.67. The minimum atomic E-state index is 0.380. The first-order valence-corrected chi connectivity index (χ1v) is 4.31. The highest BCUT2D eigenvalue weighted by atomic mass is 35.5. The molecule has 2 heterocycles. The zero-order valence-corrected chi connectivity index (χ0v) is 7.52. The van der Waals surface area contributed by atoms with E-state index in [0.29, 0.717) is 5.88 Å². The van der Waals surface area contributed by atoms with Crippen molar-refractivity contribution >= 4 is 11.6 Å². The Kier molecular flexibility index (Phi) is 2.23. The lowest BCUT2D eigenvalue weighted by molar-refractivity contribution is 0.799. The number of nitrogens with zero attached hydrogens (tertiary/aromatic N) is 4. The van der Waals surface area contributed by atoms with Crippen LogP contribution in [-0.4, -0.2) is 20.0 Å². The van der Waals surface area contributed by atoms with Gasteiger partial charge < -0.3 is 0 Å². The van der Waals surface area contributed by atoms with Crippen LogP contribution in [0.1, 0.15) is 5.69 Å². The van der Waals surface area contributed by atoms with Crippen LogP contribution < -0.4 is 0 Å². The largest absolute Gasteiger partial charge is 0.265 e. The van der Waals surface area contributed by atoms with Crippen LogP contribution in [-0.2, 0) is 5.88 Å². The molecule has 0 unspecified atom stereocenters. The lowest BCUT2D eigenvalue weighted by Gasteiger charge is -1.96. The van der Waals surface area contributed by atoms with Gasteiger partial charge in [0.25, 0.3) is 0 Å². The number of halogens is 1. The lowest BCUT2D eigenvalue weighted by atomic mass is 10.4.